The fraction of sp³-hybridized carbons (Fsp3) is 0.0909. The van der Waals surface area contributed by atoms with Crippen LogP contribution in [-0.4, -0.2) is 25.7 Å². The molecule has 3 aromatic heterocycles. The number of amides is 1. The summed E-state index contributed by atoms with van der Waals surface area (Å²) in [4.78, 5) is 13.4. The molecule has 5 aromatic rings. The van der Waals surface area contributed by atoms with Crippen molar-refractivity contribution in [3.05, 3.63) is 77.3 Å². The first-order chi connectivity index (χ1) is 15.1. The van der Waals surface area contributed by atoms with Gasteiger partial charge in [-0.25, -0.2) is 0 Å². The Kier molecular flexibility index (Phi) is 5.01. The van der Waals surface area contributed by atoms with Crippen LogP contribution in [0, 0.1) is 0 Å². The quantitative estimate of drug-likeness (QED) is 0.378. The second-order valence-corrected chi connectivity index (χ2v) is 8.17. The SMILES string of the molecule is CCc1nnc2sc(-c3cccc(NC(=O)c4ccc(-c5ccc(Cl)cc5)o4)c3)nn12. The molecule has 2 aromatic carbocycles. The number of benzene rings is 2. The molecule has 0 saturated heterocycles. The van der Waals surface area contributed by atoms with E-state index in [4.69, 9.17) is 16.0 Å². The number of furan rings is 1. The zero-order valence-electron chi connectivity index (χ0n) is 16.4. The topological polar surface area (TPSA) is 85.3 Å². The average molecular weight is 450 g/mol. The molecule has 0 radical (unpaired) electrons. The number of anilines is 1. The van der Waals surface area contributed by atoms with E-state index in [-0.39, 0.29) is 11.7 Å². The van der Waals surface area contributed by atoms with Gasteiger partial charge in [0.15, 0.2) is 11.6 Å². The van der Waals surface area contributed by atoms with E-state index in [0.29, 0.717) is 16.5 Å². The van der Waals surface area contributed by atoms with Crippen LogP contribution in [0.3, 0.4) is 0 Å². The van der Waals surface area contributed by atoms with Crippen LogP contribution >= 0.6 is 22.9 Å². The number of nitrogens with one attached hydrogen (secondary N) is 1. The first kappa shape index (κ1) is 19.5. The lowest BCUT2D eigenvalue weighted by molar-refractivity contribution is 0.0997. The van der Waals surface area contributed by atoms with Crippen LogP contribution < -0.4 is 5.32 Å². The summed E-state index contributed by atoms with van der Waals surface area (Å²) in [5.74, 6) is 1.31. The standard InChI is InChI=1S/C22H16ClN5O2S/c1-2-19-25-26-22-28(19)27-21(31-22)14-4-3-5-16(12-14)24-20(29)18-11-10-17(30-18)13-6-8-15(23)9-7-13/h3-12H,2H2,1H3,(H,24,29). The number of aryl methyl sites for hydroxylation is 1. The van der Waals surface area contributed by atoms with E-state index >= 15 is 0 Å². The molecule has 0 saturated carbocycles. The average Bonchev–Trinajstić information content (AvgIpc) is 3.50. The summed E-state index contributed by atoms with van der Waals surface area (Å²) in [6.45, 7) is 2.01. The summed E-state index contributed by atoms with van der Waals surface area (Å²) in [5.41, 5.74) is 2.38. The predicted octanol–water partition coefficient (Wildman–Crippen LogP) is 5.58. The summed E-state index contributed by atoms with van der Waals surface area (Å²) >= 11 is 7.38. The molecule has 7 nitrogen and oxygen atoms in total. The number of nitrogens with zero attached hydrogens (tertiary/aromatic N) is 4. The number of carbonyl (C=O) groups is 1. The molecule has 9 heteroatoms. The van der Waals surface area contributed by atoms with E-state index in [1.165, 1.54) is 11.3 Å². The highest BCUT2D eigenvalue weighted by Gasteiger charge is 2.15. The third-order valence-corrected chi connectivity index (χ3v) is 5.90. The van der Waals surface area contributed by atoms with Crippen LogP contribution in [0.1, 0.15) is 23.3 Å². The van der Waals surface area contributed by atoms with Gasteiger partial charge in [0.25, 0.3) is 5.91 Å². The third-order valence-electron chi connectivity index (χ3n) is 4.70. The van der Waals surface area contributed by atoms with Gasteiger partial charge in [0.1, 0.15) is 10.8 Å². The molecule has 0 spiro atoms. The Morgan fingerprint density at radius 1 is 1.10 bits per heavy atom. The molecule has 0 unspecified atom stereocenters. The Morgan fingerprint density at radius 2 is 1.94 bits per heavy atom. The van der Waals surface area contributed by atoms with Crippen molar-refractivity contribution in [1.82, 2.24) is 19.8 Å². The molecule has 5 rings (SSSR count). The van der Waals surface area contributed by atoms with Crippen molar-refractivity contribution < 1.29 is 9.21 Å². The van der Waals surface area contributed by atoms with Crippen molar-refractivity contribution >= 4 is 39.5 Å². The Labute approximate surface area is 186 Å². The fourth-order valence-corrected chi connectivity index (χ4v) is 4.13. The Bertz CT molecular complexity index is 1390. The smallest absolute Gasteiger partial charge is 0.291 e. The van der Waals surface area contributed by atoms with Crippen molar-refractivity contribution in [2.75, 3.05) is 5.32 Å². The number of rotatable bonds is 5. The van der Waals surface area contributed by atoms with E-state index in [1.54, 1.807) is 28.8 Å². The molecule has 1 amide bonds. The first-order valence-electron chi connectivity index (χ1n) is 9.59. The summed E-state index contributed by atoms with van der Waals surface area (Å²) in [6, 6.07) is 18.2. The van der Waals surface area contributed by atoms with Gasteiger partial charge >= 0.3 is 0 Å². The highest BCUT2D eigenvalue weighted by Crippen LogP contribution is 2.28. The lowest BCUT2D eigenvalue weighted by Gasteiger charge is -2.05. The normalized spacial score (nSPS) is 11.2. The minimum atomic E-state index is -0.330. The minimum absolute atomic E-state index is 0.224. The summed E-state index contributed by atoms with van der Waals surface area (Å²) in [6.07, 6.45) is 0.752. The largest absolute Gasteiger partial charge is 0.451 e. The van der Waals surface area contributed by atoms with Gasteiger partial charge in [0.05, 0.1) is 0 Å². The molecule has 31 heavy (non-hydrogen) atoms. The maximum absolute atomic E-state index is 12.7. The Morgan fingerprint density at radius 3 is 2.74 bits per heavy atom. The van der Waals surface area contributed by atoms with Crippen molar-refractivity contribution in [2.45, 2.75) is 13.3 Å². The zero-order valence-corrected chi connectivity index (χ0v) is 17.9. The molecule has 1 N–H and O–H groups in total. The maximum Gasteiger partial charge on any atom is 0.291 e. The highest BCUT2D eigenvalue weighted by molar-refractivity contribution is 7.19. The second kappa shape index (κ2) is 7.98. The van der Waals surface area contributed by atoms with Crippen LogP contribution in [0.4, 0.5) is 5.69 Å². The van der Waals surface area contributed by atoms with Crippen LogP contribution in [-0.2, 0) is 6.42 Å². The molecule has 0 aliphatic carbocycles. The molecule has 3 heterocycles. The minimum Gasteiger partial charge on any atom is -0.451 e. The van der Waals surface area contributed by atoms with Gasteiger partial charge < -0.3 is 9.73 Å². The number of hydrogen-bond donors (Lipinski definition) is 1. The molecule has 0 atom stereocenters. The molecule has 0 aliphatic heterocycles. The maximum atomic E-state index is 12.7. The number of aromatic nitrogens is 4. The molecule has 0 aliphatic rings. The van der Waals surface area contributed by atoms with E-state index in [1.807, 2.05) is 43.3 Å². The summed E-state index contributed by atoms with van der Waals surface area (Å²) in [5, 5.41) is 17.2. The van der Waals surface area contributed by atoms with Gasteiger partial charge in [0, 0.05) is 28.3 Å². The van der Waals surface area contributed by atoms with Crippen molar-refractivity contribution in [1.29, 1.82) is 0 Å². The van der Waals surface area contributed by atoms with E-state index in [9.17, 15) is 4.79 Å². The molecular formula is C22H16ClN5O2S. The van der Waals surface area contributed by atoms with E-state index in [2.05, 4.69) is 20.6 Å². The lowest BCUT2D eigenvalue weighted by Crippen LogP contribution is -2.10. The number of fused-ring (bicyclic) bond motifs is 1. The van der Waals surface area contributed by atoms with Crippen molar-refractivity contribution in [3.63, 3.8) is 0 Å². The van der Waals surface area contributed by atoms with Gasteiger partial charge in [-0.1, -0.05) is 42.0 Å². The van der Waals surface area contributed by atoms with E-state index < -0.39 is 0 Å². The summed E-state index contributed by atoms with van der Waals surface area (Å²) < 4.78 is 7.49. The van der Waals surface area contributed by atoms with Crippen molar-refractivity contribution in [2.24, 2.45) is 0 Å². The van der Waals surface area contributed by atoms with Crippen LogP contribution in [0.25, 0.3) is 26.9 Å². The number of halogens is 1. The van der Waals surface area contributed by atoms with Crippen LogP contribution in [0.15, 0.2) is 65.1 Å². The number of hydrogen-bond acceptors (Lipinski definition) is 6. The van der Waals surface area contributed by atoms with Gasteiger partial charge in [-0.3, -0.25) is 4.79 Å². The second-order valence-electron chi connectivity index (χ2n) is 6.78. The zero-order chi connectivity index (χ0) is 21.4. The van der Waals surface area contributed by atoms with Gasteiger partial charge in [-0.15, -0.1) is 10.2 Å². The highest BCUT2D eigenvalue weighted by atomic mass is 35.5. The summed E-state index contributed by atoms with van der Waals surface area (Å²) in [7, 11) is 0. The number of carbonyl (C=O) groups excluding carboxylic acids is 1. The Balaban J connectivity index is 1.36. The van der Waals surface area contributed by atoms with Crippen LogP contribution in [0.2, 0.25) is 5.02 Å². The van der Waals surface area contributed by atoms with E-state index in [0.717, 1.165) is 33.3 Å². The first-order valence-corrected chi connectivity index (χ1v) is 10.8. The van der Waals surface area contributed by atoms with Gasteiger partial charge in [-0.2, -0.15) is 9.61 Å². The lowest BCUT2D eigenvalue weighted by atomic mass is 10.2. The Hall–Kier alpha value is -3.49. The third kappa shape index (κ3) is 3.83. The fourth-order valence-electron chi connectivity index (χ4n) is 3.15. The van der Waals surface area contributed by atoms with Gasteiger partial charge in [0.2, 0.25) is 4.96 Å². The molecule has 154 valence electrons. The molecule has 0 fully saturated rings. The van der Waals surface area contributed by atoms with Gasteiger partial charge in [-0.05, 0) is 48.5 Å². The van der Waals surface area contributed by atoms with Crippen molar-refractivity contribution in [3.8, 4) is 21.9 Å². The molecular weight excluding hydrogens is 434 g/mol. The molecule has 0 bridgehead atoms. The van der Waals surface area contributed by atoms with Crippen LogP contribution in [0.5, 0.6) is 0 Å². The predicted molar refractivity (Wildman–Crippen MR) is 121 cm³/mol. The monoisotopic (exact) mass is 449 g/mol.